The number of carbonyl (C=O) groups is 1. The number of para-hydroxylation sites is 1. The molecule has 80 valence electrons. The molecule has 0 bridgehead atoms. The lowest BCUT2D eigenvalue weighted by Gasteiger charge is -2.25. The van der Waals surface area contributed by atoms with Gasteiger partial charge in [-0.3, -0.25) is 4.79 Å². The Bertz CT molecular complexity index is 381. The Morgan fingerprint density at radius 1 is 1.47 bits per heavy atom. The van der Waals surface area contributed by atoms with Gasteiger partial charge in [-0.05, 0) is 25.0 Å². The molecule has 0 saturated carbocycles. The minimum Gasteiger partial charge on any atom is -0.368 e. The minimum atomic E-state index is -0.271. The predicted octanol–water partition coefficient (Wildman–Crippen LogP) is 1.79. The Balaban J connectivity index is 2.30. The Kier molecular flexibility index (Phi) is 2.82. The summed E-state index contributed by atoms with van der Waals surface area (Å²) < 4.78 is 0. The molecule has 1 aliphatic rings. The first-order valence-electron chi connectivity index (χ1n) is 5.00. The van der Waals surface area contributed by atoms with Gasteiger partial charge in [0.15, 0.2) is 0 Å². The van der Waals surface area contributed by atoms with Crippen LogP contribution in [0.15, 0.2) is 24.3 Å². The molecule has 1 heterocycles. The number of hydrogen-bond donors (Lipinski definition) is 1. The summed E-state index contributed by atoms with van der Waals surface area (Å²) >= 11 is 6.08. The number of amides is 1. The lowest BCUT2D eigenvalue weighted by Crippen LogP contribution is -2.40. The molecule has 2 rings (SSSR count). The van der Waals surface area contributed by atoms with Crippen LogP contribution in [0.3, 0.4) is 0 Å². The molecule has 0 spiro atoms. The van der Waals surface area contributed by atoms with Gasteiger partial charge in [0.1, 0.15) is 6.04 Å². The lowest BCUT2D eigenvalue weighted by atomic mass is 10.2. The number of hydrogen-bond acceptors (Lipinski definition) is 2. The van der Waals surface area contributed by atoms with Gasteiger partial charge in [-0.1, -0.05) is 23.7 Å². The topological polar surface area (TPSA) is 46.3 Å². The quantitative estimate of drug-likeness (QED) is 0.833. The SMILES string of the molecule is NC(=O)C1CCCN1c1ccccc1Cl. The van der Waals surface area contributed by atoms with Crippen LogP contribution in [0, 0.1) is 0 Å². The molecule has 3 nitrogen and oxygen atoms in total. The van der Waals surface area contributed by atoms with Gasteiger partial charge in [-0.25, -0.2) is 0 Å². The number of rotatable bonds is 2. The molecular formula is C11H13ClN2O. The van der Waals surface area contributed by atoms with Crippen LogP contribution >= 0.6 is 11.6 Å². The molecule has 1 aromatic rings. The highest BCUT2D eigenvalue weighted by Crippen LogP contribution is 2.31. The van der Waals surface area contributed by atoms with Crippen molar-refractivity contribution in [2.45, 2.75) is 18.9 Å². The first kappa shape index (κ1) is 10.3. The average Bonchev–Trinajstić information content (AvgIpc) is 2.67. The molecule has 0 aliphatic carbocycles. The zero-order valence-electron chi connectivity index (χ0n) is 8.32. The van der Waals surface area contributed by atoms with Crippen LogP contribution in [-0.2, 0) is 4.79 Å². The third-order valence-corrected chi connectivity index (χ3v) is 3.06. The van der Waals surface area contributed by atoms with Crippen LogP contribution in [0.4, 0.5) is 5.69 Å². The summed E-state index contributed by atoms with van der Waals surface area (Å²) in [4.78, 5) is 13.2. The zero-order chi connectivity index (χ0) is 10.8. The van der Waals surface area contributed by atoms with Crippen LogP contribution < -0.4 is 10.6 Å². The molecule has 1 aromatic carbocycles. The number of anilines is 1. The Labute approximate surface area is 93.8 Å². The molecule has 4 heteroatoms. The average molecular weight is 225 g/mol. The number of carbonyl (C=O) groups excluding carboxylic acids is 1. The second-order valence-corrected chi connectivity index (χ2v) is 4.11. The van der Waals surface area contributed by atoms with Gasteiger partial charge >= 0.3 is 0 Å². The smallest absolute Gasteiger partial charge is 0.240 e. The molecule has 1 unspecified atom stereocenters. The maximum atomic E-state index is 11.2. The molecular weight excluding hydrogens is 212 g/mol. The predicted molar refractivity (Wildman–Crippen MR) is 61.0 cm³/mol. The Morgan fingerprint density at radius 3 is 2.87 bits per heavy atom. The number of primary amides is 1. The van der Waals surface area contributed by atoms with Crippen LogP contribution in [0.5, 0.6) is 0 Å². The van der Waals surface area contributed by atoms with Crippen molar-refractivity contribution in [1.82, 2.24) is 0 Å². The van der Waals surface area contributed by atoms with Crippen molar-refractivity contribution in [3.8, 4) is 0 Å². The molecule has 1 aliphatic heterocycles. The summed E-state index contributed by atoms with van der Waals surface area (Å²) in [6.07, 6.45) is 1.80. The highest BCUT2D eigenvalue weighted by Gasteiger charge is 2.29. The summed E-state index contributed by atoms with van der Waals surface area (Å²) in [5.41, 5.74) is 6.26. The fourth-order valence-electron chi connectivity index (χ4n) is 2.04. The summed E-state index contributed by atoms with van der Waals surface area (Å²) in [6, 6.07) is 7.33. The molecule has 1 amide bonds. The van der Waals surface area contributed by atoms with Crippen molar-refractivity contribution >= 4 is 23.2 Å². The van der Waals surface area contributed by atoms with E-state index in [0.717, 1.165) is 25.1 Å². The molecule has 15 heavy (non-hydrogen) atoms. The van der Waals surface area contributed by atoms with Crippen LogP contribution in [-0.4, -0.2) is 18.5 Å². The number of halogens is 1. The first-order valence-corrected chi connectivity index (χ1v) is 5.38. The van der Waals surface area contributed by atoms with Crippen LogP contribution in [0.1, 0.15) is 12.8 Å². The maximum Gasteiger partial charge on any atom is 0.240 e. The van der Waals surface area contributed by atoms with Crippen molar-refractivity contribution < 1.29 is 4.79 Å². The van der Waals surface area contributed by atoms with Crippen molar-refractivity contribution in [3.63, 3.8) is 0 Å². The van der Waals surface area contributed by atoms with E-state index < -0.39 is 0 Å². The lowest BCUT2D eigenvalue weighted by molar-refractivity contribution is -0.119. The van der Waals surface area contributed by atoms with E-state index in [-0.39, 0.29) is 11.9 Å². The van der Waals surface area contributed by atoms with Gasteiger partial charge in [0.05, 0.1) is 10.7 Å². The van der Waals surface area contributed by atoms with Crippen molar-refractivity contribution in [1.29, 1.82) is 0 Å². The highest BCUT2D eigenvalue weighted by atomic mass is 35.5. The minimum absolute atomic E-state index is 0.204. The van der Waals surface area contributed by atoms with Gasteiger partial charge in [0.25, 0.3) is 0 Å². The summed E-state index contributed by atoms with van der Waals surface area (Å²) in [6.45, 7) is 0.845. The third kappa shape index (κ3) is 1.92. The normalized spacial score (nSPS) is 20.6. The second kappa shape index (κ2) is 4.11. The van der Waals surface area contributed by atoms with Gasteiger partial charge < -0.3 is 10.6 Å². The van der Waals surface area contributed by atoms with E-state index in [9.17, 15) is 4.79 Å². The fourth-order valence-corrected chi connectivity index (χ4v) is 2.28. The third-order valence-electron chi connectivity index (χ3n) is 2.74. The van der Waals surface area contributed by atoms with Crippen LogP contribution in [0.2, 0.25) is 5.02 Å². The summed E-state index contributed by atoms with van der Waals surface area (Å²) in [5.74, 6) is -0.271. The number of nitrogens with zero attached hydrogens (tertiary/aromatic N) is 1. The highest BCUT2D eigenvalue weighted by molar-refractivity contribution is 6.33. The maximum absolute atomic E-state index is 11.2. The number of benzene rings is 1. The zero-order valence-corrected chi connectivity index (χ0v) is 9.07. The van der Waals surface area contributed by atoms with E-state index in [2.05, 4.69) is 0 Å². The molecule has 1 fully saturated rings. The van der Waals surface area contributed by atoms with Crippen molar-refractivity contribution in [3.05, 3.63) is 29.3 Å². The number of nitrogens with two attached hydrogens (primary N) is 1. The first-order chi connectivity index (χ1) is 7.20. The van der Waals surface area contributed by atoms with Gasteiger partial charge in [-0.2, -0.15) is 0 Å². The summed E-state index contributed by atoms with van der Waals surface area (Å²) in [5, 5.41) is 0.672. The summed E-state index contributed by atoms with van der Waals surface area (Å²) in [7, 11) is 0. The van der Waals surface area contributed by atoms with E-state index >= 15 is 0 Å². The standard InChI is InChI=1S/C11H13ClN2O/c12-8-4-1-2-5-9(8)14-7-3-6-10(14)11(13)15/h1-2,4-5,10H,3,6-7H2,(H2,13,15). The molecule has 2 N–H and O–H groups in total. The van der Waals surface area contributed by atoms with Crippen molar-refractivity contribution in [2.24, 2.45) is 5.73 Å². The van der Waals surface area contributed by atoms with E-state index in [0.29, 0.717) is 5.02 Å². The fraction of sp³-hybridized carbons (Fsp3) is 0.364. The van der Waals surface area contributed by atoms with E-state index in [1.807, 2.05) is 29.2 Å². The monoisotopic (exact) mass is 224 g/mol. The molecule has 1 saturated heterocycles. The van der Waals surface area contributed by atoms with Crippen molar-refractivity contribution in [2.75, 3.05) is 11.4 Å². The van der Waals surface area contributed by atoms with Gasteiger partial charge in [0, 0.05) is 6.54 Å². The largest absolute Gasteiger partial charge is 0.368 e. The van der Waals surface area contributed by atoms with E-state index in [1.165, 1.54) is 0 Å². The van der Waals surface area contributed by atoms with Crippen LogP contribution in [0.25, 0.3) is 0 Å². The molecule has 1 atom stereocenters. The van der Waals surface area contributed by atoms with Gasteiger partial charge in [0.2, 0.25) is 5.91 Å². The second-order valence-electron chi connectivity index (χ2n) is 3.71. The van der Waals surface area contributed by atoms with E-state index in [4.69, 9.17) is 17.3 Å². The molecule has 0 radical (unpaired) electrons. The Morgan fingerprint density at radius 2 is 2.20 bits per heavy atom. The van der Waals surface area contributed by atoms with Gasteiger partial charge in [-0.15, -0.1) is 0 Å². The molecule has 0 aromatic heterocycles. The Hall–Kier alpha value is -1.22. The van der Waals surface area contributed by atoms with E-state index in [1.54, 1.807) is 0 Å².